The summed E-state index contributed by atoms with van der Waals surface area (Å²) in [6.07, 6.45) is 0. The number of benzene rings is 1. The van der Waals surface area contributed by atoms with Crippen LogP contribution in [0.1, 0.15) is 22.9 Å². The summed E-state index contributed by atoms with van der Waals surface area (Å²) >= 11 is 13.9. The Hall–Kier alpha value is -0.780. The Morgan fingerprint density at radius 2 is 2.09 bits per heavy atom. The van der Waals surface area contributed by atoms with E-state index in [9.17, 15) is 0 Å². The third kappa shape index (κ3) is 3.76. The second-order valence-electron chi connectivity index (χ2n) is 5.17. The molecule has 2 heterocycles. The molecule has 1 aromatic carbocycles. The molecule has 0 amide bonds. The van der Waals surface area contributed by atoms with Gasteiger partial charge >= 0.3 is 0 Å². The summed E-state index contributed by atoms with van der Waals surface area (Å²) in [7, 11) is 0. The SMILES string of the molecule is CCN(Cc1ccc(Cl)s1)Cc1cc(Cl)cc2c1OCOC2. The van der Waals surface area contributed by atoms with Crippen LogP contribution in [0.3, 0.4) is 0 Å². The number of rotatable bonds is 5. The molecule has 3 rings (SSSR count). The fraction of sp³-hybridized carbons (Fsp3) is 0.375. The fourth-order valence-electron chi connectivity index (χ4n) is 2.55. The minimum atomic E-state index is 0.300. The third-order valence-corrected chi connectivity index (χ3v) is 5.04. The van der Waals surface area contributed by atoms with Gasteiger partial charge in [-0.1, -0.05) is 30.1 Å². The first-order chi connectivity index (χ1) is 10.7. The lowest BCUT2D eigenvalue weighted by Gasteiger charge is -2.25. The van der Waals surface area contributed by atoms with E-state index >= 15 is 0 Å². The minimum absolute atomic E-state index is 0.300. The van der Waals surface area contributed by atoms with Crippen LogP contribution >= 0.6 is 34.5 Å². The monoisotopic (exact) mass is 357 g/mol. The lowest BCUT2D eigenvalue weighted by Crippen LogP contribution is -2.23. The summed E-state index contributed by atoms with van der Waals surface area (Å²) in [6, 6.07) is 7.91. The standard InChI is InChI=1S/C16H17Cl2NO2S/c1-2-19(8-14-3-4-15(18)22-14)7-11-5-13(17)6-12-9-20-10-21-16(11)12/h3-6H,2,7-10H2,1H3. The zero-order chi connectivity index (χ0) is 15.5. The highest BCUT2D eigenvalue weighted by Crippen LogP contribution is 2.33. The Bertz CT molecular complexity index is 660. The van der Waals surface area contributed by atoms with E-state index < -0.39 is 0 Å². The maximum atomic E-state index is 6.23. The zero-order valence-corrected chi connectivity index (χ0v) is 14.6. The van der Waals surface area contributed by atoms with E-state index in [1.807, 2.05) is 18.2 Å². The van der Waals surface area contributed by atoms with Crippen molar-refractivity contribution in [2.45, 2.75) is 26.6 Å². The number of ether oxygens (including phenoxy) is 2. The van der Waals surface area contributed by atoms with Crippen molar-refractivity contribution in [3.8, 4) is 5.75 Å². The van der Waals surface area contributed by atoms with Gasteiger partial charge in [-0.05, 0) is 30.8 Å². The number of nitrogens with zero attached hydrogens (tertiary/aromatic N) is 1. The number of thiophene rings is 1. The van der Waals surface area contributed by atoms with Crippen LogP contribution < -0.4 is 4.74 Å². The van der Waals surface area contributed by atoms with Gasteiger partial charge in [0.2, 0.25) is 0 Å². The molecule has 0 aliphatic carbocycles. The highest BCUT2D eigenvalue weighted by molar-refractivity contribution is 7.16. The molecular weight excluding hydrogens is 341 g/mol. The van der Waals surface area contributed by atoms with Gasteiger partial charge in [-0.3, -0.25) is 4.90 Å². The van der Waals surface area contributed by atoms with Crippen molar-refractivity contribution in [3.63, 3.8) is 0 Å². The van der Waals surface area contributed by atoms with E-state index in [0.29, 0.717) is 13.4 Å². The Labute approximate surface area is 144 Å². The van der Waals surface area contributed by atoms with E-state index in [1.54, 1.807) is 11.3 Å². The van der Waals surface area contributed by atoms with Gasteiger partial charge in [0.05, 0.1) is 10.9 Å². The van der Waals surface area contributed by atoms with Crippen molar-refractivity contribution < 1.29 is 9.47 Å². The minimum Gasteiger partial charge on any atom is -0.467 e. The van der Waals surface area contributed by atoms with Crippen LogP contribution in [0, 0.1) is 0 Å². The van der Waals surface area contributed by atoms with Crippen molar-refractivity contribution in [1.29, 1.82) is 0 Å². The van der Waals surface area contributed by atoms with Crippen LogP contribution in [0.2, 0.25) is 9.36 Å². The molecule has 1 aliphatic rings. The number of hydrogen-bond donors (Lipinski definition) is 0. The summed E-state index contributed by atoms with van der Waals surface area (Å²) in [5, 5.41) is 0.720. The van der Waals surface area contributed by atoms with E-state index in [2.05, 4.69) is 17.9 Å². The van der Waals surface area contributed by atoms with Crippen LogP contribution in [0.5, 0.6) is 5.75 Å². The highest BCUT2D eigenvalue weighted by Gasteiger charge is 2.18. The van der Waals surface area contributed by atoms with E-state index in [4.69, 9.17) is 32.7 Å². The first-order valence-corrected chi connectivity index (χ1v) is 8.71. The second kappa shape index (κ2) is 7.20. The summed E-state index contributed by atoms with van der Waals surface area (Å²) in [5.41, 5.74) is 2.12. The average molecular weight is 358 g/mol. The van der Waals surface area contributed by atoms with Crippen LogP contribution in [0.15, 0.2) is 24.3 Å². The smallest absolute Gasteiger partial charge is 0.189 e. The Balaban J connectivity index is 1.79. The maximum absolute atomic E-state index is 6.23. The molecule has 0 N–H and O–H groups in total. The molecule has 0 spiro atoms. The molecule has 0 atom stereocenters. The predicted molar refractivity (Wildman–Crippen MR) is 90.9 cm³/mol. The summed E-state index contributed by atoms with van der Waals surface area (Å²) < 4.78 is 11.8. The van der Waals surface area contributed by atoms with Crippen LogP contribution in [-0.4, -0.2) is 18.2 Å². The van der Waals surface area contributed by atoms with Crippen molar-refractivity contribution in [3.05, 3.63) is 49.6 Å². The van der Waals surface area contributed by atoms with E-state index in [1.165, 1.54) is 4.88 Å². The van der Waals surface area contributed by atoms with Gasteiger partial charge in [-0.15, -0.1) is 11.3 Å². The Kier molecular flexibility index (Phi) is 5.26. The molecule has 22 heavy (non-hydrogen) atoms. The molecule has 3 nitrogen and oxygen atoms in total. The second-order valence-corrected chi connectivity index (χ2v) is 7.41. The van der Waals surface area contributed by atoms with Crippen molar-refractivity contribution in [2.24, 2.45) is 0 Å². The van der Waals surface area contributed by atoms with Gasteiger partial charge in [-0.2, -0.15) is 0 Å². The maximum Gasteiger partial charge on any atom is 0.189 e. The largest absolute Gasteiger partial charge is 0.467 e. The normalized spacial score (nSPS) is 14.0. The molecule has 2 aromatic rings. The van der Waals surface area contributed by atoms with Gasteiger partial charge in [0.1, 0.15) is 5.75 Å². The van der Waals surface area contributed by atoms with E-state index in [0.717, 1.165) is 45.9 Å². The highest BCUT2D eigenvalue weighted by atomic mass is 35.5. The van der Waals surface area contributed by atoms with Crippen molar-refractivity contribution in [2.75, 3.05) is 13.3 Å². The molecular formula is C16H17Cl2NO2S. The first-order valence-electron chi connectivity index (χ1n) is 7.14. The zero-order valence-electron chi connectivity index (χ0n) is 12.3. The van der Waals surface area contributed by atoms with Gasteiger partial charge < -0.3 is 9.47 Å². The van der Waals surface area contributed by atoms with Crippen LogP contribution in [0.25, 0.3) is 0 Å². The van der Waals surface area contributed by atoms with Gasteiger partial charge in [0.25, 0.3) is 0 Å². The van der Waals surface area contributed by atoms with Crippen LogP contribution in [0.4, 0.5) is 0 Å². The first kappa shape index (κ1) is 16.1. The lowest BCUT2D eigenvalue weighted by molar-refractivity contribution is -0.0174. The number of halogens is 2. The summed E-state index contributed by atoms with van der Waals surface area (Å²) in [4.78, 5) is 3.60. The lowest BCUT2D eigenvalue weighted by atomic mass is 10.1. The molecule has 118 valence electrons. The molecule has 0 fully saturated rings. The molecule has 1 aliphatic heterocycles. The van der Waals surface area contributed by atoms with Gasteiger partial charge in [-0.25, -0.2) is 0 Å². The average Bonchev–Trinajstić information content (AvgIpc) is 2.91. The Morgan fingerprint density at radius 1 is 1.23 bits per heavy atom. The Morgan fingerprint density at radius 3 is 2.82 bits per heavy atom. The number of fused-ring (bicyclic) bond motifs is 1. The third-order valence-electron chi connectivity index (χ3n) is 3.60. The van der Waals surface area contributed by atoms with E-state index in [-0.39, 0.29) is 0 Å². The topological polar surface area (TPSA) is 21.7 Å². The molecule has 0 bridgehead atoms. The fourth-order valence-corrected chi connectivity index (χ4v) is 3.95. The van der Waals surface area contributed by atoms with Crippen LogP contribution in [-0.2, 0) is 24.4 Å². The van der Waals surface area contributed by atoms with Crippen molar-refractivity contribution in [1.82, 2.24) is 4.90 Å². The van der Waals surface area contributed by atoms with Crippen molar-refractivity contribution >= 4 is 34.5 Å². The molecule has 0 saturated heterocycles. The summed E-state index contributed by atoms with van der Waals surface area (Å²) in [5.74, 6) is 0.915. The molecule has 0 unspecified atom stereocenters. The van der Waals surface area contributed by atoms with Gasteiger partial charge in [0, 0.05) is 34.1 Å². The quantitative estimate of drug-likeness (QED) is 0.755. The number of hydrogen-bond acceptors (Lipinski definition) is 4. The molecule has 0 saturated carbocycles. The summed E-state index contributed by atoms with van der Waals surface area (Å²) in [6.45, 7) is 5.59. The predicted octanol–water partition coefficient (Wildman–Crippen LogP) is 4.94. The molecule has 0 radical (unpaired) electrons. The molecule has 1 aromatic heterocycles. The van der Waals surface area contributed by atoms with Gasteiger partial charge in [0.15, 0.2) is 6.79 Å². The molecule has 6 heteroatoms.